The Bertz CT molecular complexity index is 1080. The zero-order chi connectivity index (χ0) is 21.4. The zero-order valence-corrected chi connectivity index (χ0v) is 19.0. The lowest BCUT2D eigenvalue weighted by Gasteiger charge is -2.36. The number of amides is 1. The molecule has 1 saturated heterocycles. The fraction of sp³-hybridized carbons (Fsp3) is 0.435. The van der Waals surface area contributed by atoms with Crippen molar-refractivity contribution in [2.24, 2.45) is 0 Å². The largest absolute Gasteiger partial charge is 0.497 e. The Balaban J connectivity index is 1.58. The number of aromatic nitrogens is 2. The number of methoxy groups -OCH3 is 1. The van der Waals surface area contributed by atoms with Gasteiger partial charge < -0.3 is 14.5 Å². The maximum Gasteiger partial charge on any atom is 0.254 e. The van der Waals surface area contributed by atoms with Crippen molar-refractivity contribution in [3.05, 3.63) is 46.1 Å². The van der Waals surface area contributed by atoms with Crippen LogP contribution in [-0.2, 0) is 0 Å². The SMILES string of the molecule is COc1cccc(C(=O)N2CCN(c3nc(C(C)C)nc4sc(C)c(C)c34)CC2)c1. The first-order chi connectivity index (χ1) is 14.4. The van der Waals surface area contributed by atoms with E-state index in [2.05, 4.69) is 32.6 Å². The van der Waals surface area contributed by atoms with E-state index in [1.807, 2.05) is 23.1 Å². The molecule has 1 aliphatic rings. The molecule has 3 aromatic rings. The molecule has 4 rings (SSSR count). The van der Waals surface area contributed by atoms with Crippen LogP contribution >= 0.6 is 11.3 Å². The predicted octanol–water partition coefficient (Wildman–Crippen LogP) is 4.40. The minimum Gasteiger partial charge on any atom is -0.497 e. The van der Waals surface area contributed by atoms with E-state index in [9.17, 15) is 4.79 Å². The molecule has 0 radical (unpaired) electrons. The molecule has 0 unspecified atom stereocenters. The topological polar surface area (TPSA) is 58.6 Å². The number of anilines is 1. The fourth-order valence-electron chi connectivity index (χ4n) is 3.79. The van der Waals surface area contributed by atoms with Gasteiger partial charge in [0.15, 0.2) is 0 Å². The van der Waals surface area contributed by atoms with Crippen LogP contribution in [0.5, 0.6) is 5.75 Å². The van der Waals surface area contributed by atoms with Crippen LogP contribution in [0.4, 0.5) is 5.82 Å². The van der Waals surface area contributed by atoms with Crippen molar-refractivity contribution in [2.45, 2.75) is 33.6 Å². The third kappa shape index (κ3) is 3.74. The van der Waals surface area contributed by atoms with Gasteiger partial charge in [0, 0.05) is 42.5 Å². The van der Waals surface area contributed by atoms with Crippen molar-refractivity contribution in [3.63, 3.8) is 0 Å². The van der Waals surface area contributed by atoms with E-state index >= 15 is 0 Å². The molecule has 3 heterocycles. The third-order valence-corrected chi connectivity index (χ3v) is 6.83. The number of hydrogen-bond donors (Lipinski definition) is 0. The molecule has 0 spiro atoms. The van der Waals surface area contributed by atoms with Crippen LogP contribution in [-0.4, -0.2) is 54.1 Å². The van der Waals surface area contributed by atoms with Crippen LogP contribution in [0.1, 0.15) is 46.4 Å². The van der Waals surface area contributed by atoms with Crippen LogP contribution in [0.15, 0.2) is 24.3 Å². The van der Waals surface area contributed by atoms with Gasteiger partial charge in [-0.2, -0.15) is 0 Å². The second kappa shape index (κ2) is 8.22. The number of benzene rings is 1. The van der Waals surface area contributed by atoms with Crippen LogP contribution in [0.25, 0.3) is 10.2 Å². The summed E-state index contributed by atoms with van der Waals surface area (Å²) in [5.41, 5.74) is 1.92. The van der Waals surface area contributed by atoms with E-state index in [1.165, 1.54) is 10.4 Å². The predicted molar refractivity (Wildman–Crippen MR) is 122 cm³/mol. The summed E-state index contributed by atoms with van der Waals surface area (Å²) in [6.07, 6.45) is 0. The van der Waals surface area contributed by atoms with Crippen molar-refractivity contribution in [1.82, 2.24) is 14.9 Å². The lowest BCUT2D eigenvalue weighted by Crippen LogP contribution is -2.49. The average Bonchev–Trinajstić information content (AvgIpc) is 3.06. The normalized spacial score (nSPS) is 14.6. The molecule has 0 aliphatic carbocycles. The summed E-state index contributed by atoms with van der Waals surface area (Å²) in [7, 11) is 1.62. The second-order valence-corrected chi connectivity index (χ2v) is 9.24. The highest BCUT2D eigenvalue weighted by Gasteiger charge is 2.26. The monoisotopic (exact) mass is 424 g/mol. The fourth-order valence-corrected chi connectivity index (χ4v) is 4.82. The van der Waals surface area contributed by atoms with Gasteiger partial charge in [0.1, 0.15) is 22.2 Å². The lowest BCUT2D eigenvalue weighted by atomic mass is 10.1. The first kappa shape index (κ1) is 20.6. The molecule has 1 aromatic carbocycles. The molecule has 1 aliphatic heterocycles. The summed E-state index contributed by atoms with van der Waals surface area (Å²) in [6.45, 7) is 11.4. The second-order valence-electron chi connectivity index (χ2n) is 8.03. The molecule has 0 atom stereocenters. The van der Waals surface area contributed by atoms with Crippen LogP contribution < -0.4 is 9.64 Å². The molecule has 0 saturated carbocycles. The lowest BCUT2D eigenvalue weighted by molar-refractivity contribution is 0.0746. The van der Waals surface area contributed by atoms with Crippen LogP contribution in [0.2, 0.25) is 0 Å². The van der Waals surface area contributed by atoms with Crippen molar-refractivity contribution in [3.8, 4) is 5.75 Å². The summed E-state index contributed by atoms with van der Waals surface area (Å²) in [5.74, 6) is 2.92. The van der Waals surface area contributed by atoms with Crippen molar-refractivity contribution >= 4 is 33.3 Å². The van der Waals surface area contributed by atoms with Gasteiger partial charge in [-0.05, 0) is 37.6 Å². The molecule has 0 bridgehead atoms. The van der Waals surface area contributed by atoms with Crippen molar-refractivity contribution < 1.29 is 9.53 Å². The highest BCUT2D eigenvalue weighted by molar-refractivity contribution is 7.18. The Hall–Kier alpha value is -2.67. The number of thiophene rings is 1. The van der Waals surface area contributed by atoms with Crippen molar-refractivity contribution in [1.29, 1.82) is 0 Å². The summed E-state index contributed by atoms with van der Waals surface area (Å²) in [5, 5.41) is 1.16. The van der Waals surface area contributed by atoms with Gasteiger partial charge in [-0.1, -0.05) is 19.9 Å². The molecule has 158 valence electrons. The molecule has 1 amide bonds. The zero-order valence-electron chi connectivity index (χ0n) is 18.2. The average molecular weight is 425 g/mol. The summed E-state index contributed by atoms with van der Waals surface area (Å²) in [6, 6.07) is 7.36. The number of rotatable bonds is 4. The van der Waals surface area contributed by atoms with E-state index in [4.69, 9.17) is 14.7 Å². The molecule has 6 nitrogen and oxygen atoms in total. The summed E-state index contributed by atoms with van der Waals surface area (Å²) >= 11 is 1.74. The van der Waals surface area contributed by atoms with Gasteiger partial charge in [0.2, 0.25) is 0 Å². The third-order valence-electron chi connectivity index (χ3n) is 5.73. The summed E-state index contributed by atoms with van der Waals surface area (Å²) in [4.78, 5) is 29.3. The molecule has 30 heavy (non-hydrogen) atoms. The van der Waals surface area contributed by atoms with Gasteiger partial charge >= 0.3 is 0 Å². The molecule has 0 N–H and O–H groups in total. The quantitative estimate of drug-likeness (QED) is 0.621. The number of carbonyl (C=O) groups excluding carboxylic acids is 1. The molecule has 2 aromatic heterocycles. The van der Waals surface area contributed by atoms with Crippen molar-refractivity contribution in [2.75, 3.05) is 38.2 Å². The maximum atomic E-state index is 13.0. The van der Waals surface area contributed by atoms with Gasteiger partial charge in [-0.3, -0.25) is 4.79 Å². The molecule has 7 heteroatoms. The van der Waals surface area contributed by atoms with Gasteiger partial charge in [-0.15, -0.1) is 11.3 Å². The Morgan fingerprint density at radius 1 is 1.13 bits per heavy atom. The van der Waals surface area contributed by atoms with E-state index in [0.29, 0.717) is 24.4 Å². The van der Waals surface area contributed by atoms with Crippen LogP contribution in [0.3, 0.4) is 0 Å². The van der Waals surface area contributed by atoms with E-state index in [-0.39, 0.29) is 11.8 Å². The number of aryl methyl sites for hydroxylation is 2. The molecular formula is C23H28N4O2S. The Kier molecular flexibility index (Phi) is 5.64. The minimum absolute atomic E-state index is 0.0480. The number of fused-ring (bicyclic) bond motifs is 1. The summed E-state index contributed by atoms with van der Waals surface area (Å²) < 4.78 is 5.26. The first-order valence-corrected chi connectivity index (χ1v) is 11.2. The highest BCUT2D eigenvalue weighted by Crippen LogP contribution is 2.36. The Morgan fingerprint density at radius 2 is 1.87 bits per heavy atom. The highest BCUT2D eigenvalue weighted by atomic mass is 32.1. The smallest absolute Gasteiger partial charge is 0.254 e. The van der Waals surface area contributed by atoms with E-state index < -0.39 is 0 Å². The standard InChI is InChI=1S/C23H28N4O2S/c1-14(2)20-24-21(19-15(3)16(4)30-22(19)25-20)26-9-11-27(12-10-26)23(28)17-7-6-8-18(13-17)29-5/h6-8,13-14H,9-12H2,1-5H3. The Labute approximate surface area is 181 Å². The maximum absolute atomic E-state index is 13.0. The van der Waals surface area contributed by atoms with Gasteiger partial charge in [0.05, 0.1) is 12.5 Å². The first-order valence-electron chi connectivity index (χ1n) is 10.3. The number of carbonyl (C=O) groups is 1. The number of piperazine rings is 1. The van der Waals surface area contributed by atoms with E-state index in [0.717, 1.165) is 34.9 Å². The number of ether oxygens (including phenoxy) is 1. The molecule has 1 fully saturated rings. The number of hydrogen-bond acceptors (Lipinski definition) is 6. The Morgan fingerprint density at radius 3 is 2.53 bits per heavy atom. The van der Waals surface area contributed by atoms with Crippen LogP contribution in [0, 0.1) is 13.8 Å². The van der Waals surface area contributed by atoms with Gasteiger partial charge in [-0.25, -0.2) is 9.97 Å². The van der Waals surface area contributed by atoms with E-state index in [1.54, 1.807) is 24.5 Å². The minimum atomic E-state index is 0.0480. The molecular weight excluding hydrogens is 396 g/mol. The number of nitrogens with zero attached hydrogens (tertiary/aromatic N) is 4. The van der Waals surface area contributed by atoms with Gasteiger partial charge in [0.25, 0.3) is 5.91 Å².